The Morgan fingerprint density at radius 1 is 1.03 bits per heavy atom. The minimum atomic E-state index is -4.88. The molecule has 2 aromatic carbocycles. The summed E-state index contributed by atoms with van der Waals surface area (Å²) in [5.41, 5.74) is 2.29. The number of imide groups is 1. The summed E-state index contributed by atoms with van der Waals surface area (Å²) in [6, 6.07) is 10.8. The first-order valence-corrected chi connectivity index (χ1v) is 10.8. The molecule has 5 rings (SSSR count). The number of alkyl halides is 3. The zero-order valence-corrected chi connectivity index (χ0v) is 18.7. The number of rotatable bonds is 6. The molecule has 1 aliphatic rings. The van der Waals surface area contributed by atoms with E-state index in [1.54, 1.807) is 30.5 Å². The Labute approximate surface area is 202 Å². The number of hydrogen-bond acceptors (Lipinski definition) is 6. The van der Waals surface area contributed by atoms with Crippen molar-refractivity contribution in [2.45, 2.75) is 19.7 Å². The van der Waals surface area contributed by atoms with Crippen LogP contribution in [0.1, 0.15) is 12.5 Å². The second-order valence-electron chi connectivity index (χ2n) is 7.80. The number of benzene rings is 2. The molecule has 0 radical (unpaired) electrons. The Hall–Kier alpha value is -4.61. The van der Waals surface area contributed by atoms with Gasteiger partial charge in [-0.3, -0.25) is 9.69 Å². The van der Waals surface area contributed by atoms with Gasteiger partial charge < -0.3 is 14.5 Å². The van der Waals surface area contributed by atoms with E-state index in [2.05, 4.69) is 19.7 Å². The van der Waals surface area contributed by atoms with Gasteiger partial charge in [-0.15, -0.1) is 13.2 Å². The van der Waals surface area contributed by atoms with Crippen LogP contribution in [-0.2, 0) is 11.2 Å². The van der Waals surface area contributed by atoms with Crippen LogP contribution in [0.2, 0.25) is 0 Å². The zero-order chi connectivity index (χ0) is 25.4. The number of fused-ring (bicyclic) bond motifs is 1. The molecule has 1 aliphatic heterocycles. The summed E-state index contributed by atoms with van der Waals surface area (Å²) in [6.45, 7) is 1.57. The highest BCUT2D eigenvalue weighted by molar-refractivity contribution is 6.27. The quantitative estimate of drug-likeness (QED) is 0.368. The molecular weight excluding hydrogens is 479 g/mol. The third-order valence-electron chi connectivity index (χ3n) is 5.52. The predicted octanol–water partition coefficient (Wildman–Crippen LogP) is 5.18. The van der Waals surface area contributed by atoms with E-state index in [0.717, 1.165) is 27.5 Å². The maximum absolute atomic E-state index is 13.1. The van der Waals surface area contributed by atoms with Crippen LogP contribution >= 0.6 is 0 Å². The van der Waals surface area contributed by atoms with Crippen LogP contribution in [0.15, 0.2) is 61.1 Å². The van der Waals surface area contributed by atoms with Crippen molar-refractivity contribution in [3.05, 3.63) is 66.6 Å². The van der Waals surface area contributed by atoms with Crippen LogP contribution in [0.4, 0.5) is 29.3 Å². The van der Waals surface area contributed by atoms with Crippen LogP contribution in [0.5, 0.6) is 17.2 Å². The zero-order valence-electron chi connectivity index (χ0n) is 18.7. The number of nitrogens with zero attached hydrogens (tertiary/aromatic N) is 4. The van der Waals surface area contributed by atoms with Gasteiger partial charge in [-0.05, 0) is 42.3 Å². The highest BCUT2D eigenvalue weighted by Crippen LogP contribution is 2.35. The highest BCUT2D eigenvalue weighted by atomic mass is 19.4. The van der Waals surface area contributed by atoms with Crippen molar-refractivity contribution in [2.24, 2.45) is 0 Å². The Balaban J connectivity index is 1.41. The molecule has 12 heteroatoms. The minimum Gasteiger partial charge on any atom is -0.455 e. The lowest BCUT2D eigenvalue weighted by Crippen LogP contribution is -2.33. The Morgan fingerprint density at radius 2 is 1.86 bits per heavy atom. The normalized spacial score (nSPS) is 14.1. The first-order valence-electron chi connectivity index (χ1n) is 10.8. The predicted molar refractivity (Wildman–Crippen MR) is 123 cm³/mol. The first kappa shape index (κ1) is 23.1. The number of pyridine rings is 1. The van der Waals surface area contributed by atoms with Gasteiger partial charge in [0.1, 0.15) is 23.6 Å². The van der Waals surface area contributed by atoms with E-state index < -0.39 is 24.1 Å². The number of hydrogen-bond donors (Lipinski definition) is 1. The molecule has 36 heavy (non-hydrogen) atoms. The largest absolute Gasteiger partial charge is 0.573 e. The monoisotopic (exact) mass is 497 g/mol. The second-order valence-corrected chi connectivity index (χ2v) is 7.80. The summed E-state index contributed by atoms with van der Waals surface area (Å²) in [7, 11) is 0. The van der Waals surface area contributed by atoms with E-state index in [-0.39, 0.29) is 12.2 Å². The number of carbonyl (C=O) groups is 2. The number of aromatic nitrogens is 3. The molecule has 184 valence electrons. The fourth-order valence-corrected chi connectivity index (χ4v) is 3.92. The maximum atomic E-state index is 13.1. The first-order chi connectivity index (χ1) is 17.2. The van der Waals surface area contributed by atoms with Gasteiger partial charge >= 0.3 is 12.4 Å². The lowest BCUT2D eigenvalue weighted by molar-refractivity contribution is -0.274. The molecule has 4 aromatic rings. The van der Waals surface area contributed by atoms with Crippen molar-refractivity contribution < 1.29 is 32.2 Å². The number of aryl methyl sites for hydroxylation is 1. The lowest BCUT2D eigenvalue weighted by Gasteiger charge is -2.19. The summed E-state index contributed by atoms with van der Waals surface area (Å²) in [5.74, 6) is 0.0267. The molecule has 2 aromatic heterocycles. The number of imidazole rings is 1. The van der Waals surface area contributed by atoms with E-state index in [4.69, 9.17) is 4.74 Å². The third-order valence-corrected chi connectivity index (χ3v) is 5.52. The summed E-state index contributed by atoms with van der Waals surface area (Å²) in [6.07, 6.45) is -1.26. The number of anilines is 2. The van der Waals surface area contributed by atoms with Gasteiger partial charge in [-0.2, -0.15) is 0 Å². The lowest BCUT2D eigenvalue weighted by atomic mass is 10.1. The van der Waals surface area contributed by atoms with Gasteiger partial charge in [0.05, 0.1) is 12.0 Å². The van der Waals surface area contributed by atoms with Gasteiger partial charge in [-0.1, -0.05) is 13.0 Å². The maximum Gasteiger partial charge on any atom is 0.573 e. The van der Waals surface area contributed by atoms with Crippen molar-refractivity contribution in [3.8, 4) is 17.2 Å². The average molecular weight is 497 g/mol. The van der Waals surface area contributed by atoms with Gasteiger partial charge in [0, 0.05) is 24.0 Å². The second kappa shape index (κ2) is 8.87. The van der Waals surface area contributed by atoms with Gasteiger partial charge in [0.25, 0.3) is 5.91 Å². The smallest absolute Gasteiger partial charge is 0.455 e. The SMILES string of the molecule is CCc1cc(N2C(=O)CN(c3cccc(OC(F)(F)F)c3)C2=O)ccc1Oc1ccnc2nc[nH]c12. The molecule has 0 spiro atoms. The topological polar surface area (TPSA) is 101 Å². The Bertz CT molecular complexity index is 1470. The molecule has 0 atom stereocenters. The van der Waals surface area contributed by atoms with Crippen molar-refractivity contribution in [3.63, 3.8) is 0 Å². The third kappa shape index (κ3) is 4.40. The number of H-pyrrole nitrogens is 1. The van der Waals surface area contributed by atoms with E-state index in [9.17, 15) is 22.8 Å². The summed E-state index contributed by atoms with van der Waals surface area (Å²) >= 11 is 0. The molecule has 0 bridgehead atoms. The standard InChI is InChI=1S/C24H18F3N5O4/c1-2-14-10-16(6-7-18(14)35-19-8-9-28-22-21(19)29-13-30-22)32-20(33)12-31(23(32)34)15-4-3-5-17(11-15)36-24(25,26)27/h3-11,13H,2,12H2,1H3,(H,28,29,30). The fourth-order valence-electron chi connectivity index (χ4n) is 3.92. The van der Waals surface area contributed by atoms with Gasteiger partial charge in [-0.25, -0.2) is 19.7 Å². The number of halogens is 3. The number of urea groups is 1. The highest BCUT2D eigenvalue weighted by Gasteiger charge is 2.39. The van der Waals surface area contributed by atoms with Crippen LogP contribution in [0.25, 0.3) is 11.2 Å². The summed E-state index contributed by atoms with van der Waals surface area (Å²) in [4.78, 5) is 39.2. The molecule has 0 aliphatic carbocycles. The molecule has 1 fully saturated rings. The molecule has 3 heterocycles. The van der Waals surface area contributed by atoms with Gasteiger partial charge in [0.2, 0.25) is 0 Å². The van der Waals surface area contributed by atoms with E-state index in [0.29, 0.717) is 34.8 Å². The van der Waals surface area contributed by atoms with Crippen molar-refractivity contribution >= 4 is 34.5 Å². The van der Waals surface area contributed by atoms with E-state index in [1.807, 2.05) is 6.92 Å². The molecule has 1 N–H and O–H groups in total. The van der Waals surface area contributed by atoms with Crippen LogP contribution in [-0.4, -0.2) is 39.8 Å². The Morgan fingerprint density at radius 3 is 2.64 bits per heavy atom. The van der Waals surface area contributed by atoms with Crippen LogP contribution < -0.4 is 19.3 Å². The molecule has 9 nitrogen and oxygen atoms in total. The van der Waals surface area contributed by atoms with E-state index >= 15 is 0 Å². The summed E-state index contributed by atoms with van der Waals surface area (Å²) in [5, 5.41) is 0. The van der Waals surface area contributed by atoms with Crippen LogP contribution in [0.3, 0.4) is 0 Å². The number of amides is 3. The number of aromatic amines is 1. The van der Waals surface area contributed by atoms with Gasteiger partial charge in [0.15, 0.2) is 11.4 Å². The minimum absolute atomic E-state index is 0.106. The molecule has 0 saturated carbocycles. The number of nitrogens with one attached hydrogen (secondary N) is 1. The molecule has 3 amide bonds. The number of carbonyl (C=O) groups excluding carboxylic acids is 2. The molecule has 1 saturated heterocycles. The van der Waals surface area contributed by atoms with E-state index in [1.165, 1.54) is 18.5 Å². The van der Waals surface area contributed by atoms with Crippen LogP contribution in [0, 0.1) is 0 Å². The average Bonchev–Trinajstić information content (AvgIpc) is 3.43. The number of ether oxygens (including phenoxy) is 2. The van der Waals surface area contributed by atoms with Crippen molar-refractivity contribution in [1.82, 2.24) is 15.0 Å². The molecule has 0 unspecified atom stereocenters. The fraction of sp³-hybridized carbons (Fsp3) is 0.167. The van der Waals surface area contributed by atoms with Crippen molar-refractivity contribution in [1.29, 1.82) is 0 Å². The summed E-state index contributed by atoms with van der Waals surface area (Å²) < 4.78 is 47.8. The van der Waals surface area contributed by atoms with Crippen molar-refractivity contribution in [2.75, 3.05) is 16.3 Å². The molecular formula is C24H18F3N5O4. The Kier molecular flexibility index (Phi) is 5.71.